The molecular formula is C9H16O3. The number of rotatable bonds is 2. The van der Waals surface area contributed by atoms with E-state index in [0.29, 0.717) is 12.5 Å². The normalized spacial score (nSPS) is 46.5. The maximum Gasteiger partial charge on any atom is 0.112 e. The predicted molar refractivity (Wildman–Crippen MR) is 44.1 cm³/mol. The summed E-state index contributed by atoms with van der Waals surface area (Å²) in [6.07, 6.45) is 0.645. The molecule has 2 fully saturated rings. The van der Waals surface area contributed by atoms with Gasteiger partial charge >= 0.3 is 0 Å². The molecule has 2 heterocycles. The SMILES string of the molecule is CCO[C@@H]1CO[C@H]2C1OC[C@H]2C. The third-order valence-electron chi connectivity index (χ3n) is 2.64. The third kappa shape index (κ3) is 1.26. The van der Waals surface area contributed by atoms with Crippen LogP contribution in [0.4, 0.5) is 0 Å². The molecule has 12 heavy (non-hydrogen) atoms. The topological polar surface area (TPSA) is 27.7 Å². The Kier molecular flexibility index (Phi) is 2.35. The van der Waals surface area contributed by atoms with Gasteiger partial charge in [-0.15, -0.1) is 0 Å². The van der Waals surface area contributed by atoms with E-state index in [1.54, 1.807) is 0 Å². The monoisotopic (exact) mass is 172 g/mol. The number of hydrogen-bond acceptors (Lipinski definition) is 3. The van der Waals surface area contributed by atoms with Crippen molar-refractivity contribution in [3.8, 4) is 0 Å². The quantitative estimate of drug-likeness (QED) is 0.617. The van der Waals surface area contributed by atoms with Crippen LogP contribution in [-0.4, -0.2) is 38.1 Å². The molecule has 2 aliphatic rings. The van der Waals surface area contributed by atoms with Crippen LogP contribution in [0.15, 0.2) is 0 Å². The molecule has 0 aromatic heterocycles. The molecule has 4 atom stereocenters. The van der Waals surface area contributed by atoms with Crippen molar-refractivity contribution < 1.29 is 14.2 Å². The van der Waals surface area contributed by atoms with Crippen molar-refractivity contribution in [3.05, 3.63) is 0 Å². The van der Waals surface area contributed by atoms with Gasteiger partial charge in [0.1, 0.15) is 12.2 Å². The van der Waals surface area contributed by atoms with Crippen LogP contribution < -0.4 is 0 Å². The molecule has 0 saturated carbocycles. The van der Waals surface area contributed by atoms with Crippen LogP contribution in [0.3, 0.4) is 0 Å². The highest BCUT2D eigenvalue weighted by Gasteiger charge is 2.46. The minimum absolute atomic E-state index is 0.171. The van der Waals surface area contributed by atoms with Gasteiger partial charge in [-0.3, -0.25) is 0 Å². The maximum absolute atomic E-state index is 5.60. The molecular weight excluding hydrogens is 156 g/mol. The summed E-state index contributed by atoms with van der Waals surface area (Å²) in [5.74, 6) is 0.528. The summed E-state index contributed by atoms with van der Waals surface area (Å²) in [5.41, 5.74) is 0. The van der Waals surface area contributed by atoms with E-state index in [0.717, 1.165) is 13.2 Å². The molecule has 2 rings (SSSR count). The average molecular weight is 172 g/mol. The van der Waals surface area contributed by atoms with Crippen LogP contribution in [0.1, 0.15) is 13.8 Å². The summed E-state index contributed by atoms with van der Waals surface area (Å²) in [7, 11) is 0. The highest BCUT2D eigenvalue weighted by atomic mass is 16.6. The lowest BCUT2D eigenvalue weighted by Gasteiger charge is -2.15. The fourth-order valence-corrected chi connectivity index (χ4v) is 2.01. The lowest BCUT2D eigenvalue weighted by atomic mass is 10.0. The zero-order valence-electron chi connectivity index (χ0n) is 7.66. The first-order valence-corrected chi connectivity index (χ1v) is 4.67. The van der Waals surface area contributed by atoms with E-state index in [9.17, 15) is 0 Å². The largest absolute Gasteiger partial charge is 0.373 e. The highest BCUT2D eigenvalue weighted by Crippen LogP contribution is 2.31. The van der Waals surface area contributed by atoms with Crippen LogP contribution in [-0.2, 0) is 14.2 Å². The van der Waals surface area contributed by atoms with Crippen molar-refractivity contribution in [1.29, 1.82) is 0 Å². The minimum Gasteiger partial charge on any atom is -0.373 e. The Labute approximate surface area is 73.0 Å². The van der Waals surface area contributed by atoms with Gasteiger partial charge < -0.3 is 14.2 Å². The third-order valence-corrected chi connectivity index (χ3v) is 2.64. The van der Waals surface area contributed by atoms with Crippen LogP contribution in [0.5, 0.6) is 0 Å². The Bertz CT molecular complexity index is 160. The van der Waals surface area contributed by atoms with E-state index >= 15 is 0 Å². The van der Waals surface area contributed by atoms with E-state index < -0.39 is 0 Å². The average Bonchev–Trinajstić information content (AvgIpc) is 2.58. The van der Waals surface area contributed by atoms with Crippen LogP contribution >= 0.6 is 0 Å². The molecule has 3 nitrogen and oxygen atoms in total. The summed E-state index contributed by atoms with van der Waals surface area (Å²) in [4.78, 5) is 0. The van der Waals surface area contributed by atoms with Crippen molar-refractivity contribution in [2.45, 2.75) is 32.2 Å². The first-order chi connectivity index (χ1) is 5.83. The van der Waals surface area contributed by atoms with E-state index in [1.807, 2.05) is 6.92 Å². The lowest BCUT2D eigenvalue weighted by Crippen LogP contribution is -2.30. The molecule has 0 bridgehead atoms. The van der Waals surface area contributed by atoms with Gasteiger partial charge in [-0.25, -0.2) is 0 Å². The number of hydrogen-bond donors (Lipinski definition) is 0. The Morgan fingerprint density at radius 1 is 1.25 bits per heavy atom. The lowest BCUT2D eigenvalue weighted by molar-refractivity contribution is -0.0274. The molecule has 0 aliphatic carbocycles. The van der Waals surface area contributed by atoms with Gasteiger partial charge in [0.15, 0.2) is 0 Å². The van der Waals surface area contributed by atoms with Gasteiger partial charge in [-0.1, -0.05) is 6.92 Å². The van der Waals surface area contributed by atoms with Crippen molar-refractivity contribution in [3.63, 3.8) is 0 Å². The van der Waals surface area contributed by atoms with Crippen molar-refractivity contribution in [2.75, 3.05) is 19.8 Å². The number of ether oxygens (including phenoxy) is 3. The zero-order valence-corrected chi connectivity index (χ0v) is 7.66. The van der Waals surface area contributed by atoms with Crippen LogP contribution in [0, 0.1) is 5.92 Å². The van der Waals surface area contributed by atoms with Gasteiger partial charge in [-0.05, 0) is 6.92 Å². The smallest absolute Gasteiger partial charge is 0.112 e. The van der Waals surface area contributed by atoms with Gasteiger partial charge in [0.05, 0.1) is 19.3 Å². The first kappa shape index (κ1) is 8.48. The summed E-state index contributed by atoms with van der Waals surface area (Å²) in [6, 6.07) is 0. The van der Waals surface area contributed by atoms with Crippen molar-refractivity contribution in [2.24, 2.45) is 5.92 Å². The minimum atomic E-state index is 0.171. The Hall–Kier alpha value is -0.120. The van der Waals surface area contributed by atoms with E-state index in [2.05, 4.69) is 6.92 Å². The predicted octanol–water partition coefficient (Wildman–Crippen LogP) is 0.825. The molecule has 0 radical (unpaired) electrons. The first-order valence-electron chi connectivity index (χ1n) is 4.67. The molecule has 70 valence electrons. The molecule has 2 aliphatic heterocycles. The Morgan fingerprint density at radius 2 is 2.00 bits per heavy atom. The molecule has 0 aromatic rings. The molecule has 0 aromatic carbocycles. The van der Waals surface area contributed by atoms with Crippen LogP contribution in [0.2, 0.25) is 0 Å². The van der Waals surface area contributed by atoms with E-state index in [4.69, 9.17) is 14.2 Å². The molecule has 0 N–H and O–H groups in total. The van der Waals surface area contributed by atoms with Gasteiger partial charge in [0.2, 0.25) is 0 Å². The second-order valence-corrected chi connectivity index (χ2v) is 3.57. The highest BCUT2D eigenvalue weighted by molar-refractivity contribution is 4.93. The summed E-state index contributed by atoms with van der Waals surface area (Å²) >= 11 is 0. The van der Waals surface area contributed by atoms with Gasteiger partial charge in [0.25, 0.3) is 0 Å². The van der Waals surface area contributed by atoms with Gasteiger partial charge in [-0.2, -0.15) is 0 Å². The summed E-state index contributed by atoms with van der Waals surface area (Å²) < 4.78 is 16.7. The Balaban J connectivity index is 1.96. The molecule has 1 unspecified atom stereocenters. The van der Waals surface area contributed by atoms with Crippen LogP contribution in [0.25, 0.3) is 0 Å². The van der Waals surface area contributed by atoms with Gasteiger partial charge in [0, 0.05) is 12.5 Å². The second-order valence-electron chi connectivity index (χ2n) is 3.57. The van der Waals surface area contributed by atoms with E-state index in [1.165, 1.54) is 0 Å². The molecule has 2 saturated heterocycles. The molecule has 3 heteroatoms. The number of fused-ring (bicyclic) bond motifs is 1. The second kappa shape index (κ2) is 3.32. The zero-order chi connectivity index (χ0) is 8.55. The van der Waals surface area contributed by atoms with Crippen molar-refractivity contribution >= 4 is 0 Å². The standard InChI is InChI=1S/C9H16O3/c1-3-10-7-5-12-8-6(2)4-11-9(7)8/h6-9H,3-5H2,1-2H3/t6-,7-,8-,9?/m1/s1. The van der Waals surface area contributed by atoms with Crippen molar-refractivity contribution in [1.82, 2.24) is 0 Å². The molecule has 0 amide bonds. The molecule has 0 spiro atoms. The summed E-state index contributed by atoms with van der Waals surface area (Å²) in [5, 5.41) is 0. The summed E-state index contributed by atoms with van der Waals surface area (Å²) in [6.45, 7) is 6.44. The van der Waals surface area contributed by atoms with E-state index in [-0.39, 0.29) is 18.3 Å². The Morgan fingerprint density at radius 3 is 2.75 bits per heavy atom. The fourth-order valence-electron chi connectivity index (χ4n) is 2.01. The fraction of sp³-hybridized carbons (Fsp3) is 1.00. The maximum atomic E-state index is 5.60.